The highest BCUT2D eigenvalue weighted by molar-refractivity contribution is 9.15. The molecule has 0 saturated heterocycles. The normalized spacial score (nSPS) is 12.0. The Morgan fingerprint density at radius 2 is 1.26 bits per heavy atom. The van der Waals surface area contributed by atoms with Gasteiger partial charge in [0.25, 0.3) is 0 Å². The lowest BCUT2D eigenvalue weighted by Crippen LogP contribution is -2.09. The number of nitrogen functional groups attached to an aromatic ring is 1. The van der Waals surface area contributed by atoms with Crippen LogP contribution in [0.5, 0.6) is 0 Å². The number of benzene rings is 4. The summed E-state index contributed by atoms with van der Waals surface area (Å²) in [5.74, 6) is 0. The van der Waals surface area contributed by atoms with Crippen LogP contribution in [0.3, 0.4) is 0 Å². The van der Waals surface area contributed by atoms with Gasteiger partial charge in [-0.25, -0.2) is 0 Å². The van der Waals surface area contributed by atoms with E-state index in [4.69, 9.17) is 5.73 Å². The molecular formula is C28H20BrN2+. The zero-order valence-corrected chi connectivity index (χ0v) is 18.4. The quantitative estimate of drug-likeness (QED) is 0.245. The number of fused-ring (bicyclic) bond motifs is 1. The van der Waals surface area contributed by atoms with Gasteiger partial charge in [-0.05, 0) is 70.0 Å². The summed E-state index contributed by atoms with van der Waals surface area (Å²) in [5, 5.41) is 0. The molecule has 4 aromatic rings. The lowest BCUT2D eigenvalue weighted by atomic mass is 9.91. The second-order valence-electron chi connectivity index (χ2n) is 7.34. The molecule has 0 heterocycles. The van der Waals surface area contributed by atoms with Crippen molar-refractivity contribution in [2.24, 2.45) is 0 Å². The van der Waals surface area contributed by atoms with Crippen LogP contribution < -0.4 is 10.6 Å². The van der Waals surface area contributed by atoms with Crippen molar-refractivity contribution in [3.05, 3.63) is 120 Å². The minimum Gasteiger partial charge on any atom is -0.387 e. The summed E-state index contributed by atoms with van der Waals surface area (Å²) in [6, 6.07) is 33.6. The van der Waals surface area contributed by atoms with Crippen LogP contribution in [-0.2, 0) is 0 Å². The number of nitrogens with zero attached hydrogens (tertiary/aromatic N) is 1. The van der Waals surface area contributed by atoms with Crippen molar-refractivity contribution >= 4 is 49.2 Å². The standard InChI is InChI=1S/C28H20BrN2/c29-26-13-7-12-25-24(18-19-27(30)28(25)26)20-14-16-23(17-15-20)31(21-8-3-1-4-9-21)22-10-5-2-6-11-22/h1-12,14-19H,30H2/q+1. The SMILES string of the molecule is Nc1ccc(-c2ccc(N(c3ccccc3)c3ccccc3)cc2)c2c1C(Br)=[C+]C=C2. The van der Waals surface area contributed by atoms with Gasteiger partial charge < -0.3 is 10.6 Å². The highest BCUT2D eigenvalue weighted by atomic mass is 79.9. The molecule has 1 aliphatic rings. The summed E-state index contributed by atoms with van der Waals surface area (Å²) >= 11 is 3.59. The molecule has 2 nitrogen and oxygen atoms in total. The van der Waals surface area contributed by atoms with Crippen molar-refractivity contribution in [1.29, 1.82) is 0 Å². The zero-order chi connectivity index (χ0) is 21.2. The highest BCUT2D eigenvalue weighted by Gasteiger charge is 2.24. The first kappa shape index (κ1) is 19.3. The Labute approximate surface area is 191 Å². The smallest absolute Gasteiger partial charge is 0.191 e. The minimum absolute atomic E-state index is 0.749. The summed E-state index contributed by atoms with van der Waals surface area (Å²) in [7, 11) is 0. The van der Waals surface area contributed by atoms with E-state index in [-0.39, 0.29) is 0 Å². The molecule has 1 aliphatic carbocycles. The molecule has 0 spiro atoms. The van der Waals surface area contributed by atoms with E-state index in [1.165, 1.54) is 0 Å². The molecule has 0 radical (unpaired) electrons. The molecule has 5 rings (SSSR count). The van der Waals surface area contributed by atoms with E-state index >= 15 is 0 Å². The third kappa shape index (κ3) is 3.66. The van der Waals surface area contributed by atoms with Gasteiger partial charge in [-0.15, -0.1) is 0 Å². The maximum Gasteiger partial charge on any atom is 0.191 e. The molecule has 0 aromatic heterocycles. The molecule has 0 atom stereocenters. The topological polar surface area (TPSA) is 29.3 Å². The first-order valence-corrected chi connectivity index (χ1v) is 10.9. The fraction of sp³-hybridized carbons (Fsp3) is 0. The van der Waals surface area contributed by atoms with Crippen molar-refractivity contribution in [3.8, 4) is 11.1 Å². The molecule has 0 aliphatic heterocycles. The predicted molar refractivity (Wildman–Crippen MR) is 136 cm³/mol. The van der Waals surface area contributed by atoms with Gasteiger partial charge in [0.1, 0.15) is 17.2 Å². The average molecular weight is 464 g/mol. The first-order valence-electron chi connectivity index (χ1n) is 10.1. The van der Waals surface area contributed by atoms with Crippen molar-refractivity contribution in [2.75, 3.05) is 10.6 Å². The van der Waals surface area contributed by atoms with Gasteiger partial charge in [-0.1, -0.05) is 48.5 Å². The number of para-hydroxylation sites is 2. The second-order valence-corrected chi connectivity index (χ2v) is 8.13. The number of hydrogen-bond acceptors (Lipinski definition) is 2. The summed E-state index contributed by atoms with van der Waals surface area (Å²) in [6.07, 6.45) is 7.18. The Kier molecular flexibility index (Phi) is 5.13. The molecule has 4 aromatic carbocycles. The Bertz CT molecular complexity index is 1230. The summed E-state index contributed by atoms with van der Waals surface area (Å²) in [6.45, 7) is 0. The maximum atomic E-state index is 6.24. The van der Waals surface area contributed by atoms with Gasteiger partial charge in [0.05, 0.1) is 17.8 Å². The van der Waals surface area contributed by atoms with Crippen LogP contribution in [0.1, 0.15) is 11.1 Å². The molecule has 0 bridgehead atoms. The lowest BCUT2D eigenvalue weighted by Gasteiger charge is -2.25. The van der Waals surface area contributed by atoms with Crippen LogP contribution >= 0.6 is 15.9 Å². The van der Waals surface area contributed by atoms with E-state index in [0.717, 1.165) is 49.5 Å². The Morgan fingerprint density at radius 1 is 0.677 bits per heavy atom. The highest BCUT2D eigenvalue weighted by Crippen LogP contribution is 2.40. The number of rotatable bonds is 4. The van der Waals surface area contributed by atoms with Crippen LogP contribution in [0, 0.1) is 6.08 Å². The van der Waals surface area contributed by atoms with E-state index in [1.54, 1.807) is 0 Å². The summed E-state index contributed by atoms with van der Waals surface area (Å²) < 4.78 is 0.889. The molecule has 3 heteroatoms. The van der Waals surface area contributed by atoms with Gasteiger partial charge in [0.2, 0.25) is 0 Å². The Morgan fingerprint density at radius 3 is 1.87 bits per heavy atom. The monoisotopic (exact) mass is 463 g/mol. The second kappa shape index (κ2) is 8.23. The van der Waals surface area contributed by atoms with Gasteiger partial charge in [-0.2, -0.15) is 0 Å². The van der Waals surface area contributed by atoms with Crippen molar-refractivity contribution in [1.82, 2.24) is 0 Å². The van der Waals surface area contributed by atoms with Crippen LogP contribution in [0.15, 0.2) is 103 Å². The first-order chi connectivity index (χ1) is 15.2. The maximum absolute atomic E-state index is 6.24. The van der Waals surface area contributed by atoms with Crippen LogP contribution in [-0.4, -0.2) is 0 Å². The van der Waals surface area contributed by atoms with Crippen LogP contribution in [0.2, 0.25) is 0 Å². The molecule has 0 amide bonds. The Hall–Kier alpha value is -3.65. The number of halogens is 1. The molecule has 31 heavy (non-hydrogen) atoms. The Balaban J connectivity index is 1.58. The number of anilines is 4. The number of nitrogens with two attached hydrogens (primary N) is 1. The van der Waals surface area contributed by atoms with E-state index in [9.17, 15) is 0 Å². The third-order valence-electron chi connectivity index (χ3n) is 5.42. The van der Waals surface area contributed by atoms with Gasteiger partial charge >= 0.3 is 0 Å². The van der Waals surface area contributed by atoms with E-state index in [0.29, 0.717) is 0 Å². The summed E-state index contributed by atoms with van der Waals surface area (Å²) in [5.41, 5.74) is 14.8. The van der Waals surface area contributed by atoms with Crippen molar-refractivity contribution in [2.45, 2.75) is 0 Å². The average Bonchev–Trinajstić information content (AvgIpc) is 2.82. The molecule has 0 fully saturated rings. The zero-order valence-electron chi connectivity index (χ0n) is 16.8. The molecular weight excluding hydrogens is 444 g/mol. The van der Waals surface area contributed by atoms with Crippen molar-refractivity contribution < 1.29 is 0 Å². The summed E-state index contributed by atoms with van der Waals surface area (Å²) in [4.78, 5) is 2.26. The molecule has 0 unspecified atom stereocenters. The largest absolute Gasteiger partial charge is 0.387 e. The molecule has 2 N–H and O–H groups in total. The van der Waals surface area contributed by atoms with E-state index in [1.807, 2.05) is 24.3 Å². The van der Waals surface area contributed by atoms with Crippen LogP contribution in [0.25, 0.3) is 21.7 Å². The minimum atomic E-state index is 0.749. The van der Waals surface area contributed by atoms with E-state index < -0.39 is 0 Å². The fourth-order valence-corrected chi connectivity index (χ4v) is 4.54. The number of allylic oxidation sites excluding steroid dienone is 2. The third-order valence-corrected chi connectivity index (χ3v) is 6.05. The van der Waals surface area contributed by atoms with Crippen molar-refractivity contribution in [3.63, 3.8) is 0 Å². The molecule has 0 saturated carbocycles. The van der Waals surface area contributed by atoms with Crippen LogP contribution in [0.4, 0.5) is 22.7 Å². The fourth-order valence-electron chi connectivity index (χ4n) is 3.97. The van der Waals surface area contributed by atoms with E-state index in [2.05, 4.69) is 112 Å². The van der Waals surface area contributed by atoms with Gasteiger partial charge in [0, 0.05) is 22.6 Å². The molecule has 148 valence electrons. The lowest BCUT2D eigenvalue weighted by molar-refractivity contribution is 1.28. The predicted octanol–water partition coefficient (Wildman–Crippen LogP) is 7.97. The van der Waals surface area contributed by atoms with Gasteiger partial charge in [0.15, 0.2) is 4.48 Å². The van der Waals surface area contributed by atoms with Gasteiger partial charge in [-0.3, -0.25) is 0 Å². The number of hydrogen-bond donors (Lipinski definition) is 1.